The molecular formula is C13H15N3O3. The normalized spacial score (nSPS) is 10.7. The number of aliphatic hydroxyl groups excluding tert-OH is 1. The van der Waals surface area contributed by atoms with Crippen LogP contribution in [0.15, 0.2) is 18.2 Å². The second-order valence-corrected chi connectivity index (χ2v) is 4.45. The number of nitro benzene ring substituents is 1. The van der Waals surface area contributed by atoms with E-state index in [4.69, 9.17) is 5.11 Å². The monoisotopic (exact) mass is 261 g/mol. The fourth-order valence-electron chi connectivity index (χ4n) is 1.95. The highest BCUT2D eigenvalue weighted by molar-refractivity contribution is 5.55. The van der Waals surface area contributed by atoms with Crippen LogP contribution in [0, 0.1) is 30.9 Å². The number of nitro groups is 1. The third-order valence-corrected chi connectivity index (χ3v) is 3.30. The standard InChI is InChI=1S/C13H15N3O3/c1-8-9(2)14-15(10(8)3)12-5-4-11(7-17)6-13(12)16(18)19/h4-6,17H,7H2,1-3H3. The van der Waals surface area contributed by atoms with Crippen molar-refractivity contribution in [1.82, 2.24) is 9.78 Å². The molecule has 0 aliphatic carbocycles. The zero-order valence-corrected chi connectivity index (χ0v) is 11.0. The van der Waals surface area contributed by atoms with Gasteiger partial charge < -0.3 is 5.11 Å². The second kappa shape index (κ2) is 4.81. The number of aromatic nitrogens is 2. The smallest absolute Gasteiger partial charge is 0.295 e. The number of aryl methyl sites for hydroxylation is 1. The number of hydrogen-bond donors (Lipinski definition) is 1. The van der Waals surface area contributed by atoms with E-state index in [-0.39, 0.29) is 12.3 Å². The number of hydrogen-bond acceptors (Lipinski definition) is 4. The summed E-state index contributed by atoms with van der Waals surface area (Å²) in [6.07, 6.45) is 0. The topological polar surface area (TPSA) is 81.2 Å². The Kier molecular flexibility index (Phi) is 3.35. The van der Waals surface area contributed by atoms with E-state index in [1.165, 1.54) is 6.07 Å². The summed E-state index contributed by atoms with van der Waals surface area (Å²) in [6, 6.07) is 4.65. The maximum Gasteiger partial charge on any atom is 0.295 e. The average Bonchev–Trinajstić information content (AvgIpc) is 2.65. The van der Waals surface area contributed by atoms with Gasteiger partial charge in [0.1, 0.15) is 5.69 Å². The minimum absolute atomic E-state index is 0.0582. The van der Waals surface area contributed by atoms with Gasteiger partial charge in [0.05, 0.1) is 17.2 Å². The molecule has 0 saturated heterocycles. The first-order chi connectivity index (χ1) is 8.95. The highest BCUT2D eigenvalue weighted by Crippen LogP contribution is 2.26. The van der Waals surface area contributed by atoms with E-state index in [9.17, 15) is 10.1 Å². The van der Waals surface area contributed by atoms with Crippen molar-refractivity contribution in [2.24, 2.45) is 0 Å². The van der Waals surface area contributed by atoms with E-state index < -0.39 is 4.92 Å². The van der Waals surface area contributed by atoms with Crippen LogP contribution in [0.5, 0.6) is 0 Å². The van der Waals surface area contributed by atoms with E-state index in [1.54, 1.807) is 16.8 Å². The zero-order chi connectivity index (χ0) is 14.2. The molecule has 1 aromatic carbocycles. The molecule has 0 aliphatic heterocycles. The molecule has 0 spiro atoms. The van der Waals surface area contributed by atoms with E-state index in [2.05, 4.69) is 5.10 Å². The van der Waals surface area contributed by atoms with Crippen molar-refractivity contribution in [1.29, 1.82) is 0 Å². The van der Waals surface area contributed by atoms with Crippen LogP contribution in [0.3, 0.4) is 0 Å². The summed E-state index contributed by atoms with van der Waals surface area (Å²) in [5.41, 5.74) is 3.60. The third kappa shape index (κ3) is 2.22. The van der Waals surface area contributed by atoms with Crippen LogP contribution in [0.25, 0.3) is 5.69 Å². The van der Waals surface area contributed by atoms with Crippen molar-refractivity contribution >= 4 is 5.69 Å². The fourth-order valence-corrected chi connectivity index (χ4v) is 1.95. The van der Waals surface area contributed by atoms with Crippen LogP contribution < -0.4 is 0 Å². The predicted molar refractivity (Wildman–Crippen MR) is 70.4 cm³/mol. The first kappa shape index (κ1) is 13.2. The van der Waals surface area contributed by atoms with Gasteiger partial charge in [0, 0.05) is 11.8 Å². The second-order valence-electron chi connectivity index (χ2n) is 4.45. The molecule has 2 rings (SSSR count). The van der Waals surface area contributed by atoms with Gasteiger partial charge in [-0.2, -0.15) is 5.10 Å². The van der Waals surface area contributed by atoms with Crippen molar-refractivity contribution < 1.29 is 10.0 Å². The molecule has 1 N–H and O–H groups in total. The molecule has 0 unspecified atom stereocenters. The Hall–Kier alpha value is -2.21. The van der Waals surface area contributed by atoms with Crippen molar-refractivity contribution in [2.45, 2.75) is 27.4 Å². The van der Waals surface area contributed by atoms with Crippen LogP contribution >= 0.6 is 0 Å². The Morgan fingerprint density at radius 3 is 2.53 bits per heavy atom. The van der Waals surface area contributed by atoms with Gasteiger partial charge in [-0.1, -0.05) is 6.07 Å². The SMILES string of the molecule is Cc1nn(-c2ccc(CO)cc2[N+](=O)[O-])c(C)c1C. The van der Waals surface area contributed by atoms with Crippen LogP contribution in [-0.2, 0) is 6.61 Å². The molecule has 19 heavy (non-hydrogen) atoms. The molecule has 1 aromatic heterocycles. The highest BCUT2D eigenvalue weighted by atomic mass is 16.6. The number of aliphatic hydroxyl groups is 1. The van der Waals surface area contributed by atoms with E-state index in [1.807, 2.05) is 20.8 Å². The molecule has 6 nitrogen and oxygen atoms in total. The van der Waals surface area contributed by atoms with E-state index in [0.717, 1.165) is 17.0 Å². The lowest BCUT2D eigenvalue weighted by Gasteiger charge is -2.07. The van der Waals surface area contributed by atoms with Gasteiger partial charge in [-0.05, 0) is 38.0 Å². The first-order valence-corrected chi connectivity index (χ1v) is 5.87. The molecule has 0 saturated carbocycles. The van der Waals surface area contributed by atoms with Crippen LogP contribution in [0.2, 0.25) is 0 Å². The average molecular weight is 261 g/mol. The molecule has 0 amide bonds. The van der Waals surface area contributed by atoms with Gasteiger partial charge in [-0.25, -0.2) is 4.68 Å². The summed E-state index contributed by atoms with van der Waals surface area (Å²) in [5.74, 6) is 0. The van der Waals surface area contributed by atoms with Gasteiger partial charge in [0.25, 0.3) is 5.69 Å². The van der Waals surface area contributed by atoms with Crippen molar-refractivity contribution in [3.63, 3.8) is 0 Å². The summed E-state index contributed by atoms with van der Waals surface area (Å²) >= 11 is 0. The summed E-state index contributed by atoms with van der Waals surface area (Å²) in [4.78, 5) is 10.7. The Balaban J connectivity index is 2.67. The number of nitrogens with zero attached hydrogens (tertiary/aromatic N) is 3. The van der Waals surface area contributed by atoms with Crippen molar-refractivity contribution in [3.8, 4) is 5.69 Å². The molecule has 1 heterocycles. The van der Waals surface area contributed by atoms with Gasteiger partial charge >= 0.3 is 0 Å². The minimum Gasteiger partial charge on any atom is -0.392 e. The first-order valence-electron chi connectivity index (χ1n) is 5.87. The van der Waals surface area contributed by atoms with Gasteiger partial charge in [0.15, 0.2) is 0 Å². The Morgan fingerprint density at radius 1 is 1.37 bits per heavy atom. The molecule has 100 valence electrons. The van der Waals surface area contributed by atoms with Gasteiger partial charge in [-0.3, -0.25) is 10.1 Å². The lowest BCUT2D eigenvalue weighted by Crippen LogP contribution is -2.04. The lowest BCUT2D eigenvalue weighted by atomic mass is 10.1. The van der Waals surface area contributed by atoms with Crippen molar-refractivity contribution in [3.05, 3.63) is 50.8 Å². The molecule has 0 bridgehead atoms. The lowest BCUT2D eigenvalue weighted by molar-refractivity contribution is -0.384. The fraction of sp³-hybridized carbons (Fsp3) is 0.308. The highest BCUT2D eigenvalue weighted by Gasteiger charge is 2.19. The molecule has 6 heteroatoms. The third-order valence-electron chi connectivity index (χ3n) is 3.30. The van der Waals surface area contributed by atoms with Crippen molar-refractivity contribution in [2.75, 3.05) is 0 Å². The number of rotatable bonds is 3. The molecule has 0 atom stereocenters. The molecule has 2 aromatic rings. The molecule has 0 radical (unpaired) electrons. The van der Waals surface area contributed by atoms with Gasteiger partial charge in [0.2, 0.25) is 0 Å². The Labute approximate surface area is 110 Å². The zero-order valence-electron chi connectivity index (χ0n) is 11.0. The van der Waals surface area contributed by atoms with Crippen LogP contribution in [0.4, 0.5) is 5.69 Å². The van der Waals surface area contributed by atoms with Crippen LogP contribution in [-0.4, -0.2) is 19.8 Å². The number of benzene rings is 1. The minimum atomic E-state index is -0.458. The molecule has 0 fully saturated rings. The predicted octanol–water partition coefficient (Wildman–Crippen LogP) is 2.20. The van der Waals surface area contributed by atoms with E-state index >= 15 is 0 Å². The largest absolute Gasteiger partial charge is 0.392 e. The van der Waals surface area contributed by atoms with Gasteiger partial charge in [-0.15, -0.1) is 0 Å². The Bertz CT molecular complexity index is 647. The Morgan fingerprint density at radius 2 is 2.05 bits per heavy atom. The van der Waals surface area contributed by atoms with Crippen LogP contribution in [0.1, 0.15) is 22.5 Å². The quantitative estimate of drug-likeness (QED) is 0.678. The maximum absolute atomic E-state index is 11.1. The summed E-state index contributed by atoms with van der Waals surface area (Å²) in [7, 11) is 0. The maximum atomic E-state index is 11.1. The molecule has 0 aliphatic rings. The molecular weight excluding hydrogens is 246 g/mol. The summed E-state index contributed by atoms with van der Waals surface area (Å²) in [6.45, 7) is 5.45. The summed E-state index contributed by atoms with van der Waals surface area (Å²) < 4.78 is 1.57. The summed E-state index contributed by atoms with van der Waals surface area (Å²) in [5, 5.41) is 24.5. The van der Waals surface area contributed by atoms with E-state index in [0.29, 0.717) is 11.3 Å².